The van der Waals surface area contributed by atoms with Crippen LogP contribution in [0.4, 0.5) is 0 Å². The molecule has 19 heavy (non-hydrogen) atoms. The minimum atomic E-state index is -1.92. The van der Waals surface area contributed by atoms with E-state index < -0.39 is 13.9 Å². The molecule has 1 atom stereocenters. The standard InChI is InChI=1S/C13H18N2O3Si/c1-13(9-5-7-15-8-6-9)11(16)10(12(14)17-13)18-19(2,3)4/h5-8H,14H2,1-4H3. The molecular weight excluding hydrogens is 260 g/mol. The van der Waals surface area contributed by atoms with Crippen molar-refractivity contribution in [3.63, 3.8) is 0 Å². The average Bonchev–Trinajstić information content (AvgIpc) is 2.54. The van der Waals surface area contributed by atoms with Gasteiger partial charge in [0.05, 0.1) is 0 Å². The zero-order chi connectivity index (χ0) is 14.3. The number of pyridine rings is 1. The molecule has 102 valence electrons. The summed E-state index contributed by atoms with van der Waals surface area (Å²) in [5.74, 6) is -0.0242. The summed E-state index contributed by atoms with van der Waals surface area (Å²) in [6, 6.07) is 3.48. The van der Waals surface area contributed by atoms with Gasteiger partial charge >= 0.3 is 0 Å². The molecule has 5 nitrogen and oxygen atoms in total. The molecule has 0 fully saturated rings. The monoisotopic (exact) mass is 278 g/mol. The number of ketones is 1. The van der Waals surface area contributed by atoms with E-state index in [1.807, 2.05) is 19.6 Å². The summed E-state index contributed by atoms with van der Waals surface area (Å²) in [4.78, 5) is 16.5. The molecular formula is C13H18N2O3Si. The van der Waals surface area contributed by atoms with Crippen molar-refractivity contribution in [2.75, 3.05) is 0 Å². The van der Waals surface area contributed by atoms with Gasteiger partial charge in [0, 0.05) is 18.0 Å². The summed E-state index contributed by atoms with van der Waals surface area (Å²) in [6.07, 6.45) is 3.23. The van der Waals surface area contributed by atoms with E-state index in [-0.39, 0.29) is 17.4 Å². The molecule has 2 N–H and O–H groups in total. The normalized spacial score (nSPS) is 23.5. The van der Waals surface area contributed by atoms with Crippen LogP contribution in [0.15, 0.2) is 36.2 Å². The van der Waals surface area contributed by atoms with E-state index in [0.717, 1.165) is 0 Å². The summed E-state index contributed by atoms with van der Waals surface area (Å²) < 4.78 is 11.3. The van der Waals surface area contributed by atoms with Crippen molar-refractivity contribution in [2.45, 2.75) is 32.2 Å². The van der Waals surface area contributed by atoms with Gasteiger partial charge in [0.15, 0.2) is 5.60 Å². The topological polar surface area (TPSA) is 74.4 Å². The molecule has 1 aromatic rings. The highest BCUT2D eigenvalue weighted by Crippen LogP contribution is 2.38. The lowest BCUT2D eigenvalue weighted by molar-refractivity contribution is -0.131. The maximum atomic E-state index is 12.5. The second-order valence-electron chi connectivity index (χ2n) is 5.61. The lowest BCUT2D eigenvalue weighted by Gasteiger charge is -2.23. The van der Waals surface area contributed by atoms with Gasteiger partial charge in [0.25, 0.3) is 0 Å². The maximum absolute atomic E-state index is 12.5. The van der Waals surface area contributed by atoms with Gasteiger partial charge in [-0.15, -0.1) is 0 Å². The summed E-state index contributed by atoms with van der Waals surface area (Å²) in [5, 5.41) is 0. The second kappa shape index (κ2) is 4.38. The van der Waals surface area contributed by atoms with Gasteiger partial charge in [-0.3, -0.25) is 9.78 Å². The molecule has 2 heterocycles. The Balaban J connectivity index is 2.34. The van der Waals surface area contributed by atoms with Gasteiger partial charge in [0.2, 0.25) is 25.7 Å². The Morgan fingerprint density at radius 1 is 1.32 bits per heavy atom. The highest BCUT2D eigenvalue weighted by Gasteiger charge is 2.48. The number of hydrogen-bond donors (Lipinski definition) is 1. The smallest absolute Gasteiger partial charge is 0.249 e. The molecule has 6 heteroatoms. The van der Waals surface area contributed by atoms with Gasteiger partial charge in [-0.25, -0.2) is 0 Å². The number of carbonyl (C=O) groups excluding carboxylic acids is 1. The number of aromatic nitrogens is 1. The van der Waals surface area contributed by atoms with E-state index in [9.17, 15) is 4.79 Å². The largest absolute Gasteiger partial charge is 0.538 e. The molecule has 0 aliphatic carbocycles. The molecule has 1 aliphatic heterocycles. The number of rotatable bonds is 3. The highest BCUT2D eigenvalue weighted by atomic mass is 28.4. The van der Waals surface area contributed by atoms with Crippen molar-refractivity contribution in [2.24, 2.45) is 5.73 Å². The van der Waals surface area contributed by atoms with E-state index >= 15 is 0 Å². The first-order valence-corrected chi connectivity index (χ1v) is 9.48. The van der Waals surface area contributed by atoms with Gasteiger partial charge in [0.1, 0.15) is 0 Å². The van der Waals surface area contributed by atoms with Crippen molar-refractivity contribution in [1.29, 1.82) is 0 Å². The molecule has 1 aliphatic rings. The Bertz CT molecular complexity index is 537. The summed E-state index contributed by atoms with van der Waals surface area (Å²) >= 11 is 0. The van der Waals surface area contributed by atoms with E-state index in [1.54, 1.807) is 31.5 Å². The number of ether oxygens (including phenoxy) is 1. The molecule has 0 saturated heterocycles. The summed E-state index contributed by atoms with van der Waals surface area (Å²) in [6.45, 7) is 7.66. The van der Waals surface area contributed by atoms with Crippen LogP contribution in [0.1, 0.15) is 12.5 Å². The maximum Gasteiger partial charge on any atom is 0.249 e. The molecule has 1 unspecified atom stereocenters. The van der Waals surface area contributed by atoms with Crippen LogP contribution >= 0.6 is 0 Å². The summed E-state index contributed by atoms with van der Waals surface area (Å²) in [5.41, 5.74) is 5.40. The number of nitrogens with two attached hydrogens (primary N) is 1. The third-order valence-corrected chi connectivity index (χ3v) is 3.63. The molecule has 0 bridgehead atoms. The van der Waals surface area contributed by atoms with E-state index in [2.05, 4.69) is 4.98 Å². The average molecular weight is 278 g/mol. The predicted octanol–water partition coefficient (Wildman–Crippen LogP) is 1.88. The lowest BCUT2D eigenvalue weighted by Crippen LogP contribution is -2.34. The van der Waals surface area contributed by atoms with Crippen LogP contribution in [0.2, 0.25) is 19.6 Å². The van der Waals surface area contributed by atoms with Crippen molar-refractivity contribution < 1.29 is 14.0 Å². The number of Topliss-reactive ketones (excluding diaryl/α,β-unsaturated/α-hetero) is 1. The zero-order valence-electron chi connectivity index (χ0n) is 11.6. The molecule has 0 amide bonds. The Labute approximate surface area is 113 Å². The summed E-state index contributed by atoms with van der Waals surface area (Å²) in [7, 11) is -1.92. The Morgan fingerprint density at radius 2 is 1.89 bits per heavy atom. The molecule has 1 aromatic heterocycles. The fourth-order valence-corrected chi connectivity index (χ4v) is 2.71. The van der Waals surface area contributed by atoms with Crippen LogP contribution < -0.4 is 5.73 Å². The first-order chi connectivity index (χ1) is 8.74. The van der Waals surface area contributed by atoms with Gasteiger partial charge in [-0.05, 0) is 38.7 Å². The van der Waals surface area contributed by atoms with Crippen LogP contribution in [0, 0.1) is 0 Å². The van der Waals surface area contributed by atoms with Gasteiger partial charge < -0.3 is 14.9 Å². The molecule has 0 spiro atoms. The molecule has 0 saturated carbocycles. The lowest BCUT2D eigenvalue weighted by atomic mass is 9.92. The van der Waals surface area contributed by atoms with Crippen LogP contribution in [-0.2, 0) is 19.6 Å². The van der Waals surface area contributed by atoms with E-state index in [1.165, 1.54) is 0 Å². The minimum absolute atomic E-state index is 0.0618. The van der Waals surface area contributed by atoms with Crippen molar-refractivity contribution in [1.82, 2.24) is 4.98 Å². The molecule has 0 radical (unpaired) electrons. The third kappa shape index (κ3) is 2.48. The van der Waals surface area contributed by atoms with Crippen molar-refractivity contribution in [3.8, 4) is 0 Å². The van der Waals surface area contributed by atoms with Gasteiger partial charge in [-0.1, -0.05) is 0 Å². The predicted molar refractivity (Wildman–Crippen MR) is 73.3 cm³/mol. The zero-order valence-corrected chi connectivity index (χ0v) is 12.6. The highest BCUT2D eigenvalue weighted by molar-refractivity contribution is 6.70. The number of carbonyl (C=O) groups is 1. The number of hydrogen-bond acceptors (Lipinski definition) is 5. The van der Waals surface area contributed by atoms with Crippen molar-refractivity contribution >= 4 is 14.1 Å². The SMILES string of the molecule is CC1(c2ccncc2)OC(N)=C(O[Si](C)(C)C)C1=O. The van der Waals surface area contributed by atoms with Crippen molar-refractivity contribution in [3.05, 3.63) is 41.7 Å². The first kappa shape index (κ1) is 13.6. The molecule has 2 rings (SSSR count). The third-order valence-electron chi connectivity index (χ3n) is 2.82. The fourth-order valence-electron chi connectivity index (χ4n) is 1.90. The second-order valence-corrected chi connectivity index (χ2v) is 10.0. The van der Waals surface area contributed by atoms with Crippen LogP contribution in [-0.4, -0.2) is 19.1 Å². The van der Waals surface area contributed by atoms with Crippen LogP contribution in [0.3, 0.4) is 0 Å². The Morgan fingerprint density at radius 3 is 2.42 bits per heavy atom. The quantitative estimate of drug-likeness (QED) is 0.854. The molecule has 0 aromatic carbocycles. The minimum Gasteiger partial charge on any atom is -0.538 e. The van der Waals surface area contributed by atoms with Gasteiger partial charge in [-0.2, -0.15) is 0 Å². The fraction of sp³-hybridized carbons (Fsp3) is 0.385. The van der Waals surface area contributed by atoms with E-state index in [4.69, 9.17) is 14.9 Å². The Hall–Kier alpha value is -1.82. The van der Waals surface area contributed by atoms with Crippen LogP contribution in [0.25, 0.3) is 0 Å². The first-order valence-electron chi connectivity index (χ1n) is 6.07. The number of nitrogens with zero attached hydrogens (tertiary/aromatic N) is 1. The van der Waals surface area contributed by atoms with Crippen LogP contribution in [0.5, 0.6) is 0 Å². The Kier molecular flexibility index (Phi) is 3.13. The van der Waals surface area contributed by atoms with E-state index in [0.29, 0.717) is 5.56 Å².